The Labute approximate surface area is 161 Å². The number of carbonyl (C=O) groups is 1. The summed E-state index contributed by atoms with van der Waals surface area (Å²) < 4.78 is 40.1. The van der Waals surface area contributed by atoms with Gasteiger partial charge in [-0.15, -0.1) is 0 Å². The van der Waals surface area contributed by atoms with Crippen LogP contribution in [0.1, 0.15) is 42.6 Å². The summed E-state index contributed by atoms with van der Waals surface area (Å²) in [7, 11) is 1.71. The van der Waals surface area contributed by atoms with E-state index in [9.17, 15) is 18.0 Å². The van der Waals surface area contributed by atoms with Crippen molar-refractivity contribution in [2.45, 2.75) is 38.3 Å². The largest absolute Gasteiger partial charge is 0.416 e. The standard InChI is InChI=1S/C19H24F3N5O/c1-12(10-13-4-3-5-15(11-13)19(20,21)22)17(28)25-18-24-16(26-27(18)2)14-6-8-23-9-7-14/h3-5,11-12,14,23H,6-10H2,1-2H3,(H,24,25,26,28). The number of carbonyl (C=O) groups excluding carboxylic acids is 1. The number of rotatable bonds is 5. The van der Waals surface area contributed by atoms with Gasteiger partial charge < -0.3 is 5.32 Å². The van der Waals surface area contributed by atoms with E-state index in [2.05, 4.69) is 20.7 Å². The van der Waals surface area contributed by atoms with E-state index in [1.165, 1.54) is 10.7 Å². The predicted molar refractivity (Wildman–Crippen MR) is 98.8 cm³/mol. The lowest BCUT2D eigenvalue weighted by molar-refractivity contribution is -0.137. The Bertz CT molecular complexity index is 827. The van der Waals surface area contributed by atoms with Crippen LogP contribution in [0.4, 0.5) is 19.1 Å². The molecule has 1 fully saturated rings. The van der Waals surface area contributed by atoms with E-state index < -0.39 is 17.7 Å². The van der Waals surface area contributed by atoms with Gasteiger partial charge in [0.1, 0.15) is 0 Å². The number of aryl methyl sites for hydroxylation is 1. The summed E-state index contributed by atoms with van der Waals surface area (Å²) in [5.74, 6) is 0.521. The Morgan fingerprint density at radius 2 is 2.07 bits per heavy atom. The number of halogens is 3. The molecule has 0 radical (unpaired) electrons. The molecule has 9 heteroatoms. The quantitative estimate of drug-likeness (QED) is 0.816. The van der Waals surface area contributed by atoms with Crippen LogP contribution in [0.25, 0.3) is 0 Å². The molecule has 0 saturated carbocycles. The molecule has 2 aromatic rings. The molecule has 2 N–H and O–H groups in total. The Morgan fingerprint density at radius 3 is 2.75 bits per heavy atom. The average Bonchev–Trinajstić information content (AvgIpc) is 3.02. The minimum atomic E-state index is -4.40. The van der Waals surface area contributed by atoms with E-state index in [0.717, 1.165) is 38.1 Å². The highest BCUT2D eigenvalue weighted by molar-refractivity contribution is 5.90. The van der Waals surface area contributed by atoms with E-state index in [1.807, 2.05) is 0 Å². The zero-order valence-corrected chi connectivity index (χ0v) is 15.9. The van der Waals surface area contributed by atoms with Crippen LogP contribution in [0, 0.1) is 5.92 Å². The molecule has 6 nitrogen and oxygen atoms in total. The third kappa shape index (κ3) is 4.89. The fourth-order valence-corrected chi connectivity index (χ4v) is 3.32. The second-order valence-corrected chi connectivity index (χ2v) is 7.23. The smallest absolute Gasteiger partial charge is 0.317 e. The molecule has 0 aliphatic carbocycles. The number of amides is 1. The van der Waals surface area contributed by atoms with E-state index >= 15 is 0 Å². The summed E-state index contributed by atoms with van der Waals surface area (Å²) in [5, 5.41) is 10.4. The highest BCUT2D eigenvalue weighted by Crippen LogP contribution is 2.30. The SMILES string of the molecule is CC(Cc1cccc(C(F)(F)F)c1)C(=O)Nc1nc(C2CCNCC2)nn1C. The van der Waals surface area contributed by atoms with Crippen LogP contribution in [-0.4, -0.2) is 33.8 Å². The number of nitrogens with zero attached hydrogens (tertiary/aromatic N) is 3. The van der Waals surface area contributed by atoms with E-state index in [4.69, 9.17) is 0 Å². The number of anilines is 1. The Hall–Kier alpha value is -2.42. The van der Waals surface area contributed by atoms with Crippen molar-refractivity contribution >= 4 is 11.9 Å². The first-order valence-electron chi connectivity index (χ1n) is 9.32. The molecule has 1 unspecified atom stereocenters. The van der Waals surface area contributed by atoms with E-state index in [-0.39, 0.29) is 18.2 Å². The van der Waals surface area contributed by atoms with Crippen LogP contribution in [0.15, 0.2) is 24.3 Å². The predicted octanol–water partition coefficient (Wildman–Crippen LogP) is 3.12. The van der Waals surface area contributed by atoms with Crippen LogP contribution >= 0.6 is 0 Å². The topological polar surface area (TPSA) is 71.8 Å². The number of nitrogens with one attached hydrogen (secondary N) is 2. The number of aromatic nitrogens is 3. The molecular formula is C19H24F3N5O. The molecule has 1 amide bonds. The molecule has 3 rings (SSSR count). The monoisotopic (exact) mass is 395 g/mol. The van der Waals surface area contributed by atoms with E-state index in [1.54, 1.807) is 20.0 Å². The fraction of sp³-hybridized carbons (Fsp3) is 0.526. The van der Waals surface area contributed by atoms with Gasteiger partial charge in [-0.25, -0.2) is 4.68 Å². The highest BCUT2D eigenvalue weighted by atomic mass is 19.4. The molecule has 28 heavy (non-hydrogen) atoms. The Balaban J connectivity index is 1.64. The molecule has 0 spiro atoms. The fourth-order valence-electron chi connectivity index (χ4n) is 3.32. The van der Waals surface area contributed by atoms with Crippen molar-refractivity contribution in [1.82, 2.24) is 20.1 Å². The van der Waals surface area contributed by atoms with Crippen molar-refractivity contribution in [3.05, 3.63) is 41.2 Å². The van der Waals surface area contributed by atoms with Gasteiger partial charge in [0.25, 0.3) is 0 Å². The maximum atomic E-state index is 12.9. The minimum Gasteiger partial charge on any atom is -0.317 e. The molecule has 1 aliphatic heterocycles. The second-order valence-electron chi connectivity index (χ2n) is 7.23. The Kier molecular flexibility index (Phi) is 6.02. The molecule has 2 heterocycles. The number of hydrogen-bond donors (Lipinski definition) is 2. The lowest BCUT2D eigenvalue weighted by Gasteiger charge is -2.19. The van der Waals surface area contributed by atoms with E-state index in [0.29, 0.717) is 17.3 Å². The minimum absolute atomic E-state index is 0.203. The third-order valence-corrected chi connectivity index (χ3v) is 4.96. The summed E-state index contributed by atoms with van der Waals surface area (Å²) in [6.45, 7) is 3.51. The van der Waals surface area contributed by atoms with Crippen LogP contribution < -0.4 is 10.6 Å². The second kappa shape index (κ2) is 8.30. The first-order chi connectivity index (χ1) is 13.2. The van der Waals surface area contributed by atoms with Crippen molar-refractivity contribution in [2.75, 3.05) is 18.4 Å². The van der Waals surface area contributed by atoms with Gasteiger partial charge >= 0.3 is 6.18 Å². The van der Waals surface area contributed by atoms with Crippen molar-refractivity contribution in [1.29, 1.82) is 0 Å². The molecular weight excluding hydrogens is 371 g/mol. The summed E-state index contributed by atoms with van der Waals surface area (Å²) >= 11 is 0. The molecule has 152 valence electrons. The number of piperidine rings is 1. The maximum absolute atomic E-state index is 12.9. The van der Waals surface area contributed by atoms with Gasteiger partial charge in [-0.2, -0.15) is 23.3 Å². The average molecular weight is 395 g/mol. The third-order valence-electron chi connectivity index (χ3n) is 4.96. The first kappa shape index (κ1) is 20.3. The van der Waals surface area contributed by atoms with Crippen LogP contribution in [0.2, 0.25) is 0 Å². The summed E-state index contributed by atoms with van der Waals surface area (Å²) in [6, 6.07) is 5.06. The van der Waals surface area contributed by atoms with Gasteiger partial charge in [-0.05, 0) is 44.0 Å². The van der Waals surface area contributed by atoms with Gasteiger partial charge in [0.2, 0.25) is 11.9 Å². The Morgan fingerprint density at radius 1 is 1.36 bits per heavy atom. The van der Waals surface area contributed by atoms with Gasteiger partial charge in [0.05, 0.1) is 5.56 Å². The van der Waals surface area contributed by atoms with Gasteiger partial charge in [-0.1, -0.05) is 25.1 Å². The van der Waals surface area contributed by atoms with Crippen molar-refractivity contribution in [3.63, 3.8) is 0 Å². The molecule has 1 aromatic carbocycles. The van der Waals surface area contributed by atoms with Crippen LogP contribution in [-0.2, 0) is 24.4 Å². The zero-order valence-electron chi connectivity index (χ0n) is 15.9. The zero-order chi connectivity index (χ0) is 20.3. The van der Waals surface area contributed by atoms with Gasteiger partial charge in [0.15, 0.2) is 5.82 Å². The summed E-state index contributed by atoms with van der Waals surface area (Å²) in [6.07, 6.45) is -2.30. The van der Waals surface area contributed by atoms with Crippen LogP contribution in [0.5, 0.6) is 0 Å². The summed E-state index contributed by atoms with van der Waals surface area (Å²) in [5.41, 5.74) is -0.247. The molecule has 1 saturated heterocycles. The molecule has 1 aliphatic rings. The lowest BCUT2D eigenvalue weighted by atomic mass is 9.98. The number of alkyl halides is 3. The van der Waals surface area contributed by atoms with Gasteiger partial charge in [-0.3, -0.25) is 10.1 Å². The summed E-state index contributed by atoms with van der Waals surface area (Å²) in [4.78, 5) is 17.0. The first-order valence-corrected chi connectivity index (χ1v) is 9.32. The highest BCUT2D eigenvalue weighted by Gasteiger charge is 2.30. The molecule has 1 aromatic heterocycles. The van der Waals surface area contributed by atoms with Crippen LogP contribution in [0.3, 0.4) is 0 Å². The number of benzene rings is 1. The van der Waals surface area contributed by atoms with Crippen molar-refractivity contribution in [2.24, 2.45) is 13.0 Å². The molecule has 1 atom stereocenters. The van der Waals surface area contributed by atoms with Crippen molar-refractivity contribution in [3.8, 4) is 0 Å². The van der Waals surface area contributed by atoms with Crippen molar-refractivity contribution < 1.29 is 18.0 Å². The normalized spacial score (nSPS) is 16.8. The lowest BCUT2D eigenvalue weighted by Crippen LogP contribution is -2.27. The molecule has 0 bridgehead atoms. The number of hydrogen-bond acceptors (Lipinski definition) is 4. The van der Waals surface area contributed by atoms with Gasteiger partial charge in [0, 0.05) is 18.9 Å². The maximum Gasteiger partial charge on any atom is 0.416 e.